The number of hydrogen-bond donors (Lipinski definition) is 1. The summed E-state index contributed by atoms with van der Waals surface area (Å²) in [6.07, 6.45) is 3.42. The average molecular weight is 250 g/mol. The number of aryl methyl sites for hydroxylation is 2. The third-order valence-corrected chi connectivity index (χ3v) is 3.57. The van der Waals surface area contributed by atoms with Crippen molar-refractivity contribution in [3.05, 3.63) is 17.5 Å². The summed E-state index contributed by atoms with van der Waals surface area (Å²) >= 11 is 0. The third kappa shape index (κ3) is 2.41. The topological polar surface area (TPSA) is 64.2 Å². The molecule has 1 aromatic heterocycles. The molecule has 1 saturated carbocycles. The monoisotopic (exact) mass is 250 g/mol. The Morgan fingerprint density at radius 2 is 2.33 bits per heavy atom. The number of carbonyl (C=O) groups excluding carboxylic acids is 1. The molecular formula is C13H22N4O. The van der Waals surface area contributed by atoms with Gasteiger partial charge in [-0.2, -0.15) is 5.10 Å². The van der Waals surface area contributed by atoms with Crippen molar-refractivity contribution in [2.75, 3.05) is 13.1 Å². The minimum atomic E-state index is 0.0765. The van der Waals surface area contributed by atoms with Crippen LogP contribution >= 0.6 is 0 Å². The van der Waals surface area contributed by atoms with Gasteiger partial charge in [-0.3, -0.25) is 9.48 Å². The lowest BCUT2D eigenvalue weighted by molar-refractivity contribution is 0.0576. The van der Waals surface area contributed by atoms with Gasteiger partial charge >= 0.3 is 0 Å². The lowest BCUT2D eigenvalue weighted by Crippen LogP contribution is -2.47. The Morgan fingerprint density at radius 1 is 1.61 bits per heavy atom. The average Bonchev–Trinajstić information content (AvgIpc) is 2.66. The van der Waals surface area contributed by atoms with Crippen molar-refractivity contribution >= 4 is 5.91 Å². The quantitative estimate of drug-likeness (QED) is 0.853. The maximum absolute atomic E-state index is 12.6. The first kappa shape index (κ1) is 13.1. The number of amides is 1. The molecule has 2 N–H and O–H groups in total. The highest BCUT2D eigenvalue weighted by atomic mass is 16.2. The molecule has 1 amide bonds. The Labute approximate surface area is 108 Å². The fourth-order valence-corrected chi connectivity index (χ4v) is 2.39. The van der Waals surface area contributed by atoms with Crippen LogP contribution in [0.2, 0.25) is 0 Å². The van der Waals surface area contributed by atoms with E-state index in [1.54, 1.807) is 4.68 Å². The molecule has 0 spiro atoms. The molecule has 0 bridgehead atoms. The summed E-state index contributed by atoms with van der Waals surface area (Å²) in [6.45, 7) is 5.79. The molecule has 0 unspecified atom stereocenters. The van der Waals surface area contributed by atoms with Crippen LogP contribution in [0, 0.1) is 6.92 Å². The first-order valence-corrected chi connectivity index (χ1v) is 6.72. The van der Waals surface area contributed by atoms with Gasteiger partial charge in [0.1, 0.15) is 5.69 Å². The van der Waals surface area contributed by atoms with Crippen LogP contribution < -0.4 is 5.73 Å². The standard InChI is InChI=1S/C13H22N4O/c1-3-17-12(9-10(2)15-17)13(18)16(8-7-14)11-5-4-6-11/h9,11H,3-8,14H2,1-2H3. The maximum Gasteiger partial charge on any atom is 0.272 e. The summed E-state index contributed by atoms with van der Waals surface area (Å²) in [5, 5.41) is 4.33. The van der Waals surface area contributed by atoms with Gasteiger partial charge in [0.15, 0.2) is 0 Å². The second-order valence-corrected chi connectivity index (χ2v) is 4.86. The lowest BCUT2D eigenvalue weighted by atomic mass is 9.91. The van der Waals surface area contributed by atoms with Gasteiger partial charge in [-0.05, 0) is 39.2 Å². The van der Waals surface area contributed by atoms with Crippen LogP contribution in [0.3, 0.4) is 0 Å². The SMILES string of the molecule is CCn1nc(C)cc1C(=O)N(CCN)C1CCC1. The number of nitrogens with zero attached hydrogens (tertiary/aromatic N) is 3. The van der Waals surface area contributed by atoms with Crippen molar-refractivity contribution in [1.82, 2.24) is 14.7 Å². The van der Waals surface area contributed by atoms with Crippen molar-refractivity contribution in [2.24, 2.45) is 5.73 Å². The van der Waals surface area contributed by atoms with Crippen LogP contribution in [-0.4, -0.2) is 39.7 Å². The van der Waals surface area contributed by atoms with E-state index in [1.165, 1.54) is 6.42 Å². The van der Waals surface area contributed by atoms with Crippen LogP contribution in [0.25, 0.3) is 0 Å². The van der Waals surface area contributed by atoms with Gasteiger partial charge in [0.25, 0.3) is 5.91 Å². The van der Waals surface area contributed by atoms with Crippen molar-refractivity contribution in [3.8, 4) is 0 Å². The fourth-order valence-electron chi connectivity index (χ4n) is 2.39. The van der Waals surface area contributed by atoms with E-state index in [1.807, 2.05) is 24.8 Å². The Bertz CT molecular complexity index is 423. The molecule has 1 heterocycles. The maximum atomic E-state index is 12.6. The molecular weight excluding hydrogens is 228 g/mol. The molecule has 1 aliphatic carbocycles. The summed E-state index contributed by atoms with van der Waals surface area (Å²) in [6, 6.07) is 2.25. The number of carbonyl (C=O) groups is 1. The fraction of sp³-hybridized carbons (Fsp3) is 0.692. The van der Waals surface area contributed by atoms with Gasteiger partial charge < -0.3 is 10.6 Å². The van der Waals surface area contributed by atoms with Gasteiger partial charge in [-0.25, -0.2) is 0 Å². The molecule has 2 rings (SSSR count). The van der Waals surface area contributed by atoms with Crippen molar-refractivity contribution in [3.63, 3.8) is 0 Å². The Morgan fingerprint density at radius 3 is 2.83 bits per heavy atom. The Hall–Kier alpha value is -1.36. The minimum Gasteiger partial charge on any atom is -0.333 e. The summed E-state index contributed by atoms with van der Waals surface area (Å²) in [5.41, 5.74) is 7.20. The molecule has 0 saturated heterocycles. The number of rotatable bonds is 5. The molecule has 5 heteroatoms. The van der Waals surface area contributed by atoms with E-state index in [2.05, 4.69) is 5.10 Å². The van der Waals surface area contributed by atoms with E-state index >= 15 is 0 Å². The third-order valence-electron chi connectivity index (χ3n) is 3.57. The smallest absolute Gasteiger partial charge is 0.272 e. The van der Waals surface area contributed by atoms with Crippen LogP contribution in [-0.2, 0) is 6.54 Å². The molecule has 1 aliphatic rings. The minimum absolute atomic E-state index is 0.0765. The highest BCUT2D eigenvalue weighted by Crippen LogP contribution is 2.26. The zero-order valence-corrected chi connectivity index (χ0v) is 11.2. The van der Waals surface area contributed by atoms with Crippen LogP contribution in [0.4, 0.5) is 0 Å². The Balaban J connectivity index is 2.20. The number of hydrogen-bond acceptors (Lipinski definition) is 3. The summed E-state index contributed by atoms with van der Waals surface area (Å²) < 4.78 is 1.78. The molecule has 5 nitrogen and oxygen atoms in total. The highest BCUT2D eigenvalue weighted by molar-refractivity contribution is 5.93. The molecule has 18 heavy (non-hydrogen) atoms. The normalized spacial score (nSPS) is 15.5. The number of aromatic nitrogens is 2. The molecule has 100 valence electrons. The van der Waals surface area contributed by atoms with Gasteiger partial charge in [0.05, 0.1) is 5.69 Å². The van der Waals surface area contributed by atoms with E-state index in [0.717, 1.165) is 25.1 Å². The number of nitrogens with two attached hydrogens (primary N) is 1. The molecule has 0 aromatic carbocycles. The molecule has 1 fully saturated rings. The van der Waals surface area contributed by atoms with Crippen LogP contribution in [0.5, 0.6) is 0 Å². The highest BCUT2D eigenvalue weighted by Gasteiger charge is 2.30. The summed E-state index contributed by atoms with van der Waals surface area (Å²) in [7, 11) is 0. The second-order valence-electron chi connectivity index (χ2n) is 4.86. The van der Waals surface area contributed by atoms with Gasteiger partial charge in [0, 0.05) is 25.7 Å². The second kappa shape index (κ2) is 5.52. The van der Waals surface area contributed by atoms with Crippen LogP contribution in [0.15, 0.2) is 6.07 Å². The van der Waals surface area contributed by atoms with E-state index in [-0.39, 0.29) is 5.91 Å². The van der Waals surface area contributed by atoms with E-state index < -0.39 is 0 Å². The predicted molar refractivity (Wildman–Crippen MR) is 70.4 cm³/mol. The van der Waals surface area contributed by atoms with Crippen LogP contribution in [0.1, 0.15) is 42.4 Å². The first-order chi connectivity index (χ1) is 8.67. The van der Waals surface area contributed by atoms with Gasteiger partial charge in [0.2, 0.25) is 0 Å². The van der Waals surface area contributed by atoms with E-state index in [4.69, 9.17) is 5.73 Å². The van der Waals surface area contributed by atoms with Gasteiger partial charge in [-0.1, -0.05) is 0 Å². The summed E-state index contributed by atoms with van der Waals surface area (Å²) in [4.78, 5) is 14.5. The zero-order valence-electron chi connectivity index (χ0n) is 11.2. The van der Waals surface area contributed by atoms with Crippen molar-refractivity contribution < 1.29 is 4.79 Å². The van der Waals surface area contributed by atoms with Crippen molar-refractivity contribution in [2.45, 2.75) is 45.7 Å². The van der Waals surface area contributed by atoms with E-state index in [9.17, 15) is 4.79 Å². The van der Waals surface area contributed by atoms with E-state index in [0.29, 0.717) is 24.8 Å². The molecule has 0 atom stereocenters. The molecule has 1 aromatic rings. The Kier molecular flexibility index (Phi) is 4.01. The summed E-state index contributed by atoms with van der Waals surface area (Å²) in [5.74, 6) is 0.0765. The van der Waals surface area contributed by atoms with Gasteiger partial charge in [-0.15, -0.1) is 0 Å². The van der Waals surface area contributed by atoms with Crippen molar-refractivity contribution in [1.29, 1.82) is 0 Å². The molecule has 0 radical (unpaired) electrons. The molecule has 0 aliphatic heterocycles. The predicted octanol–water partition coefficient (Wildman–Crippen LogP) is 1.16. The largest absolute Gasteiger partial charge is 0.333 e. The lowest BCUT2D eigenvalue weighted by Gasteiger charge is -2.37. The first-order valence-electron chi connectivity index (χ1n) is 6.72. The zero-order chi connectivity index (χ0) is 13.1.